The summed E-state index contributed by atoms with van der Waals surface area (Å²) in [5, 5.41) is 21.5. The van der Waals surface area contributed by atoms with Gasteiger partial charge in [-0.3, -0.25) is 4.79 Å². The number of aromatic hydroxyl groups is 1. The van der Waals surface area contributed by atoms with E-state index in [-0.39, 0.29) is 23.6 Å². The van der Waals surface area contributed by atoms with E-state index in [4.69, 9.17) is 11.6 Å². The fourth-order valence-corrected chi connectivity index (χ4v) is 4.47. The number of benzene rings is 3. The highest BCUT2D eigenvalue weighted by Gasteiger charge is 2.27. The fraction of sp³-hybridized carbons (Fsp3) is 0.207. The molecule has 3 aromatic carbocycles. The number of nitrogens with one attached hydrogen (secondary N) is 2. The van der Waals surface area contributed by atoms with E-state index in [9.17, 15) is 14.7 Å². The van der Waals surface area contributed by atoms with E-state index in [1.165, 1.54) is 10.7 Å². The minimum Gasteiger partial charge on any atom is -0.507 e. The molecule has 0 atom stereocenters. The fourth-order valence-electron chi connectivity index (χ4n) is 4.34. The Morgan fingerprint density at radius 1 is 1.00 bits per heavy atom. The van der Waals surface area contributed by atoms with Gasteiger partial charge in [-0.1, -0.05) is 48.4 Å². The van der Waals surface area contributed by atoms with E-state index < -0.39 is 0 Å². The molecule has 0 radical (unpaired) electrons. The average Bonchev–Trinajstić information content (AvgIpc) is 3.29. The Morgan fingerprint density at radius 2 is 1.76 bits per heavy atom. The average molecular weight is 515 g/mol. The summed E-state index contributed by atoms with van der Waals surface area (Å²) in [5.41, 5.74) is 3.84. The van der Waals surface area contributed by atoms with Crippen molar-refractivity contribution in [1.29, 1.82) is 0 Å². The molecular formula is C29H27ClN4O3. The smallest absolute Gasteiger partial charge is 0.342 e. The number of nitrogens with zero attached hydrogens (tertiary/aromatic N) is 2. The van der Waals surface area contributed by atoms with Gasteiger partial charge in [-0.15, -0.1) is 0 Å². The molecule has 0 spiro atoms. The molecule has 1 aromatic heterocycles. The largest absolute Gasteiger partial charge is 0.507 e. The number of anilines is 1. The van der Waals surface area contributed by atoms with Gasteiger partial charge in [0, 0.05) is 34.3 Å². The molecule has 37 heavy (non-hydrogen) atoms. The van der Waals surface area contributed by atoms with Crippen molar-refractivity contribution in [3.05, 3.63) is 101 Å². The van der Waals surface area contributed by atoms with Crippen molar-refractivity contribution in [3.8, 4) is 17.0 Å². The van der Waals surface area contributed by atoms with Crippen molar-refractivity contribution >= 4 is 29.2 Å². The number of amides is 2. The summed E-state index contributed by atoms with van der Waals surface area (Å²) < 4.78 is 1.42. The minimum absolute atomic E-state index is 0.0128. The van der Waals surface area contributed by atoms with Gasteiger partial charge in [-0.2, -0.15) is 9.78 Å². The molecule has 1 saturated carbocycles. The number of carbonyl (C=O) groups is 2. The lowest BCUT2D eigenvalue weighted by Crippen LogP contribution is -2.33. The summed E-state index contributed by atoms with van der Waals surface area (Å²) in [6.45, 7) is 0.486. The maximum absolute atomic E-state index is 13.1. The summed E-state index contributed by atoms with van der Waals surface area (Å²) in [5.74, 6) is -0.0402. The van der Waals surface area contributed by atoms with Gasteiger partial charge in [0.1, 0.15) is 5.75 Å². The van der Waals surface area contributed by atoms with Crippen LogP contribution >= 0.6 is 11.6 Å². The monoisotopic (exact) mass is 514 g/mol. The molecule has 8 heteroatoms. The Kier molecular flexibility index (Phi) is 7.23. The second-order valence-electron chi connectivity index (χ2n) is 9.15. The normalized spacial score (nSPS) is 13.1. The molecule has 2 amide bonds. The number of carbonyl (C=O) groups excluding carboxylic acids is 2. The van der Waals surface area contributed by atoms with Gasteiger partial charge in [-0.05, 0) is 73.4 Å². The SMILES string of the molecule is O=C(Nc1ccc(O)c(-c2cc(C3CCC3)n(C(=O)NCCc3ccccc3)n2)c1)c1ccc(Cl)cc1. The van der Waals surface area contributed by atoms with Crippen LogP contribution in [0.1, 0.15) is 46.8 Å². The number of halogens is 1. The topological polar surface area (TPSA) is 96.2 Å². The van der Waals surface area contributed by atoms with Crippen molar-refractivity contribution < 1.29 is 14.7 Å². The highest BCUT2D eigenvalue weighted by atomic mass is 35.5. The number of rotatable bonds is 7. The summed E-state index contributed by atoms with van der Waals surface area (Å²) in [4.78, 5) is 25.7. The molecule has 0 bridgehead atoms. The highest BCUT2D eigenvalue weighted by Crippen LogP contribution is 2.39. The lowest BCUT2D eigenvalue weighted by atomic mass is 9.82. The molecule has 0 unspecified atom stereocenters. The molecule has 1 aliphatic rings. The Labute approximate surface area is 220 Å². The van der Waals surface area contributed by atoms with Gasteiger partial charge in [0.15, 0.2) is 0 Å². The third-order valence-electron chi connectivity index (χ3n) is 6.62. The van der Waals surface area contributed by atoms with Crippen LogP contribution in [0.15, 0.2) is 78.9 Å². The van der Waals surface area contributed by atoms with E-state index >= 15 is 0 Å². The maximum Gasteiger partial charge on any atom is 0.342 e. The van der Waals surface area contributed by atoms with Crippen LogP contribution in [-0.2, 0) is 6.42 Å². The molecule has 1 aliphatic carbocycles. The molecule has 0 saturated heterocycles. The van der Waals surface area contributed by atoms with Crippen molar-refractivity contribution in [1.82, 2.24) is 15.1 Å². The Balaban J connectivity index is 1.36. The number of aromatic nitrogens is 2. The third-order valence-corrected chi connectivity index (χ3v) is 6.87. The number of phenols is 1. The van der Waals surface area contributed by atoms with Crippen LogP contribution in [0.4, 0.5) is 10.5 Å². The van der Waals surface area contributed by atoms with Gasteiger partial charge >= 0.3 is 6.03 Å². The standard InChI is InChI=1S/C29H27ClN4O3/c30-22-11-9-21(10-12-22)28(36)32-23-13-14-27(35)24(17-23)25-18-26(20-7-4-8-20)34(33-25)29(37)31-16-15-19-5-2-1-3-6-19/h1-3,5-6,9-14,17-18,20,35H,4,7-8,15-16H2,(H,31,37)(H,32,36). The second kappa shape index (κ2) is 10.9. The summed E-state index contributed by atoms with van der Waals surface area (Å²) in [6, 6.07) is 22.9. The van der Waals surface area contributed by atoms with E-state index in [1.54, 1.807) is 36.4 Å². The van der Waals surface area contributed by atoms with Crippen molar-refractivity contribution in [2.24, 2.45) is 0 Å². The number of hydrogen-bond donors (Lipinski definition) is 3. The molecule has 1 fully saturated rings. The van der Waals surface area contributed by atoms with Gasteiger partial charge in [-0.25, -0.2) is 4.79 Å². The first-order chi connectivity index (χ1) is 18.0. The van der Waals surface area contributed by atoms with E-state index in [0.29, 0.717) is 34.1 Å². The zero-order valence-corrected chi connectivity index (χ0v) is 20.9. The lowest BCUT2D eigenvalue weighted by molar-refractivity contribution is 0.102. The van der Waals surface area contributed by atoms with Crippen LogP contribution in [0, 0.1) is 0 Å². The first-order valence-corrected chi connectivity index (χ1v) is 12.7. The summed E-state index contributed by atoms with van der Waals surface area (Å²) in [7, 11) is 0. The highest BCUT2D eigenvalue weighted by molar-refractivity contribution is 6.30. The molecular weight excluding hydrogens is 488 g/mol. The molecule has 5 rings (SSSR count). The van der Waals surface area contributed by atoms with Crippen LogP contribution in [-0.4, -0.2) is 33.4 Å². The van der Waals surface area contributed by atoms with Gasteiger partial charge in [0.2, 0.25) is 0 Å². The Bertz CT molecular complexity index is 1410. The quantitative estimate of drug-likeness (QED) is 0.255. The first kappa shape index (κ1) is 24.6. The van der Waals surface area contributed by atoms with Gasteiger partial charge in [0.05, 0.1) is 11.4 Å². The summed E-state index contributed by atoms with van der Waals surface area (Å²) >= 11 is 5.92. The van der Waals surface area contributed by atoms with Crippen molar-refractivity contribution in [2.45, 2.75) is 31.6 Å². The Hall–Kier alpha value is -4.10. The lowest BCUT2D eigenvalue weighted by Gasteiger charge is -2.25. The second-order valence-corrected chi connectivity index (χ2v) is 9.59. The summed E-state index contributed by atoms with van der Waals surface area (Å²) in [6.07, 6.45) is 3.81. The number of phenolic OH excluding ortho intramolecular Hbond substituents is 1. The Morgan fingerprint density at radius 3 is 2.46 bits per heavy atom. The van der Waals surface area contributed by atoms with E-state index in [2.05, 4.69) is 15.7 Å². The molecule has 3 N–H and O–H groups in total. The predicted octanol–water partition coefficient (Wildman–Crippen LogP) is 6.23. The predicted molar refractivity (Wildman–Crippen MR) is 144 cm³/mol. The van der Waals surface area contributed by atoms with E-state index in [1.807, 2.05) is 36.4 Å². The van der Waals surface area contributed by atoms with Crippen LogP contribution in [0.25, 0.3) is 11.3 Å². The van der Waals surface area contributed by atoms with Gasteiger partial charge < -0.3 is 15.7 Å². The van der Waals surface area contributed by atoms with Crippen LogP contribution in [0.5, 0.6) is 5.75 Å². The van der Waals surface area contributed by atoms with Crippen LogP contribution in [0.2, 0.25) is 5.02 Å². The van der Waals surface area contributed by atoms with Crippen LogP contribution < -0.4 is 10.6 Å². The molecule has 7 nitrogen and oxygen atoms in total. The van der Waals surface area contributed by atoms with E-state index in [0.717, 1.165) is 36.9 Å². The molecule has 4 aromatic rings. The zero-order valence-electron chi connectivity index (χ0n) is 20.2. The third kappa shape index (κ3) is 5.67. The zero-order chi connectivity index (χ0) is 25.8. The maximum atomic E-state index is 13.1. The van der Waals surface area contributed by atoms with Crippen LogP contribution in [0.3, 0.4) is 0 Å². The first-order valence-electron chi connectivity index (χ1n) is 12.3. The molecule has 1 heterocycles. The number of hydrogen-bond acceptors (Lipinski definition) is 4. The van der Waals surface area contributed by atoms with Crippen molar-refractivity contribution in [2.75, 3.05) is 11.9 Å². The van der Waals surface area contributed by atoms with Gasteiger partial charge in [0.25, 0.3) is 5.91 Å². The molecule has 0 aliphatic heterocycles. The minimum atomic E-state index is -0.299. The van der Waals surface area contributed by atoms with Crippen molar-refractivity contribution in [3.63, 3.8) is 0 Å². The molecule has 188 valence electrons.